The van der Waals surface area contributed by atoms with Gasteiger partial charge < -0.3 is 0 Å². The molecule has 4 aromatic rings. The summed E-state index contributed by atoms with van der Waals surface area (Å²) in [6.45, 7) is 0. The van der Waals surface area contributed by atoms with E-state index in [9.17, 15) is 4.79 Å². The number of carbonyl (C=O) groups excluding carboxylic acids is 1. The highest BCUT2D eigenvalue weighted by Gasteiger charge is 2.29. The summed E-state index contributed by atoms with van der Waals surface area (Å²) < 4.78 is 5.93. The van der Waals surface area contributed by atoms with Crippen molar-refractivity contribution in [2.75, 3.05) is 0 Å². The largest absolute Gasteiger partial charge is 0.277 e. The van der Waals surface area contributed by atoms with Gasteiger partial charge in [0.25, 0.3) is 5.91 Å². The first-order chi connectivity index (χ1) is 14.2. The summed E-state index contributed by atoms with van der Waals surface area (Å²) in [6, 6.07) is 38.2. The molecule has 0 atom stereocenters. The molecule has 0 radical (unpaired) electrons. The van der Waals surface area contributed by atoms with E-state index in [1.807, 2.05) is 78.9 Å². The average Bonchev–Trinajstić information content (AvgIpc) is 2.79. The van der Waals surface area contributed by atoms with Gasteiger partial charge in [0.2, 0.25) is 0 Å². The maximum absolute atomic E-state index is 13.5. The van der Waals surface area contributed by atoms with Crippen LogP contribution < -0.4 is 15.9 Å². The van der Waals surface area contributed by atoms with Crippen LogP contribution in [0.4, 0.5) is 0 Å². The van der Waals surface area contributed by atoms with Gasteiger partial charge in [0.1, 0.15) is 0 Å². The molecular formula is C25H19INOP. The second kappa shape index (κ2) is 8.89. The molecule has 1 amide bonds. The molecule has 0 heterocycles. The zero-order valence-corrected chi connectivity index (χ0v) is 18.7. The molecule has 0 unspecified atom stereocenters. The third-order valence-corrected chi connectivity index (χ3v) is 9.29. The van der Waals surface area contributed by atoms with Gasteiger partial charge >= 0.3 is 0 Å². The van der Waals surface area contributed by atoms with Crippen LogP contribution in [0.2, 0.25) is 0 Å². The number of halogens is 1. The monoisotopic (exact) mass is 507 g/mol. The molecule has 0 saturated carbocycles. The molecule has 0 aromatic heterocycles. The molecule has 0 bridgehead atoms. The van der Waals surface area contributed by atoms with Gasteiger partial charge in [-0.1, -0.05) is 103 Å². The Balaban J connectivity index is 2.09. The SMILES string of the molecule is O=C(N=P(c1ccccc1)(c1ccccc1)c1ccccc1)c1ccccc1I. The maximum atomic E-state index is 13.5. The van der Waals surface area contributed by atoms with Crippen LogP contribution in [0.1, 0.15) is 10.4 Å². The second-order valence-electron chi connectivity index (χ2n) is 6.53. The third kappa shape index (κ3) is 3.98. The Bertz CT molecular complexity index is 1070. The van der Waals surface area contributed by atoms with Crippen LogP contribution in [0, 0.1) is 3.57 Å². The standard InChI is InChI=1S/C25H19INOP/c26-24-19-11-10-18-23(24)25(28)27-29(20-12-4-1-5-13-20,21-14-6-2-7-15-21)22-16-8-3-9-17-22/h1-19H. The molecule has 29 heavy (non-hydrogen) atoms. The van der Waals surface area contributed by atoms with E-state index in [0.29, 0.717) is 5.56 Å². The fourth-order valence-corrected chi connectivity index (χ4v) is 7.43. The topological polar surface area (TPSA) is 29.4 Å². The first-order valence-corrected chi connectivity index (χ1v) is 12.1. The number of hydrogen-bond donors (Lipinski definition) is 0. The number of benzene rings is 4. The molecule has 142 valence electrons. The zero-order valence-electron chi connectivity index (χ0n) is 15.7. The van der Waals surface area contributed by atoms with Crippen molar-refractivity contribution in [3.63, 3.8) is 0 Å². The third-order valence-electron chi connectivity index (χ3n) is 4.73. The fraction of sp³-hybridized carbons (Fsp3) is 0. The van der Waals surface area contributed by atoms with E-state index in [4.69, 9.17) is 4.74 Å². The van der Waals surface area contributed by atoms with E-state index in [0.717, 1.165) is 19.5 Å². The van der Waals surface area contributed by atoms with E-state index in [1.54, 1.807) is 0 Å². The van der Waals surface area contributed by atoms with Crippen LogP contribution in [-0.4, -0.2) is 5.91 Å². The molecule has 0 aliphatic rings. The Morgan fingerprint density at radius 1 is 0.586 bits per heavy atom. The first-order valence-electron chi connectivity index (χ1n) is 9.30. The van der Waals surface area contributed by atoms with Gasteiger partial charge in [0.15, 0.2) is 0 Å². The van der Waals surface area contributed by atoms with Gasteiger partial charge in [-0.25, -0.2) is 4.74 Å². The predicted molar refractivity (Wildman–Crippen MR) is 131 cm³/mol. The Morgan fingerprint density at radius 3 is 1.38 bits per heavy atom. The molecular weight excluding hydrogens is 488 g/mol. The van der Waals surface area contributed by atoms with Gasteiger partial charge in [-0.05, 0) is 34.7 Å². The molecule has 0 aliphatic carbocycles. The van der Waals surface area contributed by atoms with Crippen molar-refractivity contribution in [3.05, 3.63) is 124 Å². The lowest BCUT2D eigenvalue weighted by molar-refractivity contribution is 0.100. The number of nitrogens with zero attached hydrogens (tertiary/aromatic N) is 1. The van der Waals surface area contributed by atoms with Crippen LogP contribution in [0.25, 0.3) is 0 Å². The van der Waals surface area contributed by atoms with Crippen molar-refractivity contribution in [1.29, 1.82) is 0 Å². The summed E-state index contributed by atoms with van der Waals surface area (Å²) in [5, 5.41) is 3.20. The minimum Gasteiger partial charge on any atom is -0.267 e. The second-order valence-corrected chi connectivity index (χ2v) is 10.7. The Kier molecular flexibility index (Phi) is 6.08. The molecule has 0 aliphatic heterocycles. The van der Waals surface area contributed by atoms with Crippen LogP contribution in [-0.2, 0) is 0 Å². The normalized spacial score (nSPS) is 11.1. The quantitative estimate of drug-likeness (QED) is 0.261. The Hall–Kier alpha value is -2.49. The summed E-state index contributed by atoms with van der Waals surface area (Å²) in [6.07, 6.45) is 0. The molecule has 2 nitrogen and oxygen atoms in total. The van der Waals surface area contributed by atoms with Gasteiger partial charge in [-0.3, -0.25) is 4.79 Å². The zero-order chi connectivity index (χ0) is 20.1. The highest BCUT2D eigenvalue weighted by atomic mass is 127. The molecule has 0 fully saturated rings. The van der Waals surface area contributed by atoms with Gasteiger partial charge in [-0.15, -0.1) is 0 Å². The van der Waals surface area contributed by atoms with E-state index in [2.05, 4.69) is 59.0 Å². The van der Waals surface area contributed by atoms with Crippen molar-refractivity contribution in [2.24, 2.45) is 4.74 Å². The van der Waals surface area contributed by atoms with Gasteiger partial charge in [-0.2, -0.15) is 0 Å². The van der Waals surface area contributed by atoms with E-state index in [1.165, 1.54) is 0 Å². The van der Waals surface area contributed by atoms with E-state index < -0.39 is 7.05 Å². The highest BCUT2D eigenvalue weighted by molar-refractivity contribution is 14.1. The Morgan fingerprint density at radius 2 is 0.966 bits per heavy atom. The van der Waals surface area contributed by atoms with E-state index in [-0.39, 0.29) is 5.91 Å². The van der Waals surface area contributed by atoms with Crippen LogP contribution in [0.5, 0.6) is 0 Å². The van der Waals surface area contributed by atoms with Crippen LogP contribution in [0.3, 0.4) is 0 Å². The summed E-state index contributed by atoms with van der Waals surface area (Å²) in [7, 11) is -2.52. The number of carbonyl (C=O) groups is 1. The minimum atomic E-state index is -2.52. The summed E-state index contributed by atoms with van der Waals surface area (Å²) in [4.78, 5) is 13.5. The lowest BCUT2D eigenvalue weighted by Gasteiger charge is -2.26. The fourth-order valence-electron chi connectivity index (χ4n) is 3.38. The summed E-state index contributed by atoms with van der Waals surface area (Å²) >= 11 is 2.20. The average molecular weight is 507 g/mol. The van der Waals surface area contributed by atoms with E-state index >= 15 is 0 Å². The van der Waals surface area contributed by atoms with Crippen LogP contribution in [0.15, 0.2) is 120 Å². The van der Waals surface area contributed by atoms with Crippen molar-refractivity contribution in [3.8, 4) is 0 Å². The molecule has 4 aromatic carbocycles. The molecule has 4 rings (SSSR count). The molecule has 0 spiro atoms. The summed E-state index contributed by atoms with van der Waals surface area (Å²) in [5.41, 5.74) is 0.639. The smallest absolute Gasteiger partial charge is 0.267 e. The molecule has 0 saturated heterocycles. The van der Waals surface area contributed by atoms with Gasteiger partial charge in [0, 0.05) is 19.5 Å². The van der Waals surface area contributed by atoms with Crippen molar-refractivity contribution < 1.29 is 4.79 Å². The highest BCUT2D eigenvalue weighted by Crippen LogP contribution is 2.46. The van der Waals surface area contributed by atoms with Crippen LogP contribution >= 0.6 is 29.6 Å². The Labute approximate surface area is 184 Å². The summed E-state index contributed by atoms with van der Waals surface area (Å²) in [5.74, 6) is -0.181. The maximum Gasteiger partial charge on any atom is 0.277 e. The number of amides is 1. The number of hydrogen-bond acceptors (Lipinski definition) is 1. The van der Waals surface area contributed by atoms with Crippen molar-refractivity contribution in [2.45, 2.75) is 0 Å². The van der Waals surface area contributed by atoms with Crippen molar-refractivity contribution >= 4 is 51.5 Å². The number of rotatable bonds is 4. The first kappa shape index (κ1) is 19.8. The molecule has 4 heteroatoms. The minimum absolute atomic E-state index is 0.181. The lowest BCUT2D eigenvalue weighted by Crippen LogP contribution is -2.26. The molecule has 0 N–H and O–H groups in total. The van der Waals surface area contributed by atoms with Gasteiger partial charge in [0.05, 0.1) is 12.6 Å². The predicted octanol–water partition coefficient (Wildman–Crippen LogP) is 5.61. The van der Waals surface area contributed by atoms with Crippen molar-refractivity contribution in [1.82, 2.24) is 0 Å². The lowest BCUT2D eigenvalue weighted by atomic mass is 10.2.